The number of hydrogen-bond acceptors (Lipinski definition) is 3. The molecule has 0 saturated carbocycles. The minimum Gasteiger partial charge on any atom is -0.443 e. The predicted molar refractivity (Wildman–Crippen MR) is 47.9 cm³/mol. The maximum absolute atomic E-state index is 5.22. The van der Waals surface area contributed by atoms with Gasteiger partial charge in [0.05, 0.1) is 5.39 Å². The largest absolute Gasteiger partial charge is 0.443 e. The summed E-state index contributed by atoms with van der Waals surface area (Å²) in [5.74, 6) is 0.871. The van der Waals surface area contributed by atoms with E-state index in [0.29, 0.717) is 5.71 Å². The van der Waals surface area contributed by atoms with Crippen LogP contribution in [0.15, 0.2) is 23.0 Å². The third-order valence-corrected chi connectivity index (χ3v) is 1.32. The Bertz CT molecular complexity index is 321. The van der Waals surface area contributed by atoms with Gasteiger partial charge in [0.25, 0.3) is 0 Å². The fourth-order valence-corrected chi connectivity index (χ4v) is 0.914. The molecule has 0 atom stereocenters. The number of hydrogen-bond donors (Lipinski definition) is 0. The van der Waals surface area contributed by atoms with E-state index in [1.165, 1.54) is 6.33 Å². The maximum Gasteiger partial charge on any atom is 0.229 e. The molecule has 12 heavy (non-hydrogen) atoms. The van der Waals surface area contributed by atoms with E-state index in [4.69, 9.17) is 4.42 Å². The second-order valence-electron chi connectivity index (χ2n) is 2.14. The molecule has 0 N–H and O–H groups in total. The summed E-state index contributed by atoms with van der Waals surface area (Å²) in [5, 5.41) is 0.958. The van der Waals surface area contributed by atoms with Crippen molar-refractivity contribution in [3.05, 3.63) is 24.4 Å². The minimum atomic E-state index is 0.660. The first kappa shape index (κ1) is 8.71. The van der Waals surface area contributed by atoms with E-state index >= 15 is 0 Å². The Labute approximate surface area is 71.4 Å². The van der Waals surface area contributed by atoms with Crippen LogP contribution < -0.4 is 0 Å². The van der Waals surface area contributed by atoms with Gasteiger partial charge in [0, 0.05) is 6.20 Å². The lowest BCUT2D eigenvalue weighted by molar-refractivity contribution is 0.567. The molecule has 64 valence electrons. The topological polar surface area (TPSA) is 38.9 Å². The Morgan fingerprint density at radius 2 is 2.08 bits per heavy atom. The second kappa shape index (κ2) is 3.85. The standard InChI is InChI=1S/C7H6N2O.C2H6/c1-5-2-6-3-8-4-9-7(6)10-5;1-2/h2-4H,1H3;1-2H3. The molecule has 0 aromatic carbocycles. The molecule has 2 heterocycles. The smallest absolute Gasteiger partial charge is 0.229 e. The molecule has 3 nitrogen and oxygen atoms in total. The van der Waals surface area contributed by atoms with E-state index < -0.39 is 0 Å². The van der Waals surface area contributed by atoms with Gasteiger partial charge in [-0.1, -0.05) is 13.8 Å². The Hall–Kier alpha value is -1.38. The molecule has 0 aliphatic rings. The van der Waals surface area contributed by atoms with Crippen molar-refractivity contribution >= 4 is 11.1 Å². The van der Waals surface area contributed by atoms with E-state index in [1.54, 1.807) is 6.20 Å². The van der Waals surface area contributed by atoms with E-state index in [0.717, 1.165) is 11.1 Å². The molecule has 0 aliphatic heterocycles. The lowest BCUT2D eigenvalue weighted by Crippen LogP contribution is -1.72. The first-order chi connectivity index (χ1) is 5.86. The highest BCUT2D eigenvalue weighted by atomic mass is 16.3. The first-order valence-electron chi connectivity index (χ1n) is 4.02. The summed E-state index contributed by atoms with van der Waals surface area (Å²) in [7, 11) is 0. The van der Waals surface area contributed by atoms with Crippen LogP contribution in [0, 0.1) is 6.92 Å². The van der Waals surface area contributed by atoms with Crippen LogP contribution in [0.5, 0.6) is 0 Å². The normalized spacial score (nSPS) is 9.25. The number of furan rings is 1. The highest BCUT2D eigenvalue weighted by molar-refractivity contribution is 5.72. The van der Waals surface area contributed by atoms with Gasteiger partial charge >= 0.3 is 0 Å². The van der Waals surface area contributed by atoms with Crippen LogP contribution in [0.25, 0.3) is 11.1 Å². The van der Waals surface area contributed by atoms with Crippen LogP contribution in [-0.2, 0) is 0 Å². The summed E-state index contributed by atoms with van der Waals surface area (Å²) in [6, 6.07) is 1.91. The fourth-order valence-electron chi connectivity index (χ4n) is 0.914. The zero-order chi connectivity index (χ0) is 8.97. The molecule has 2 aromatic rings. The van der Waals surface area contributed by atoms with Crippen LogP contribution in [0.2, 0.25) is 0 Å². The highest BCUT2D eigenvalue weighted by Crippen LogP contribution is 2.13. The fraction of sp³-hybridized carbons (Fsp3) is 0.333. The molecular weight excluding hydrogens is 152 g/mol. The second-order valence-corrected chi connectivity index (χ2v) is 2.14. The van der Waals surface area contributed by atoms with Gasteiger partial charge < -0.3 is 4.42 Å². The summed E-state index contributed by atoms with van der Waals surface area (Å²) >= 11 is 0. The summed E-state index contributed by atoms with van der Waals surface area (Å²) < 4.78 is 5.22. The average molecular weight is 164 g/mol. The highest BCUT2D eigenvalue weighted by Gasteiger charge is 1.97. The van der Waals surface area contributed by atoms with Crippen molar-refractivity contribution in [2.75, 3.05) is 0 Å². The van der Waals surface area contributed by atoms with Crippen LogP contribution in [0.1, 0.15) is 19.6 Å². The Morgan fingerprint density at radius 3 is 2.75 bits per heavy atom. The quantitative estimate of drug-likeness (QED) is 0.600. The summed E-state index contributed by atoms with van der Waals surface area (Å²) in [5.41, 5.74) is 0.660. The van der Waals surface area contributed by atoms with E-state index in [1.807, 2.05) is 26.8 Å². The maximum atomic E-state index is 5.22. The van der Waals surface area contributed by atoms with Gasteiger partial charge in [-0.15, -0.1) is 0 Å². The summed E-state index contributed by atoms with van der Waals surface area (Å²) in [4.78, 5) is 7.78. The zero-order valence-corrected chi connectivity index (χ0v) is 7.53. The molecule has 0 bridgehead atoms. The molecule has 2 rings (SSSR count). The van der Waals surface area contributed by atoms with Crippen molar-refractivity contribution in [3.63, 3.8) is 0 Å². The van der Waals surface area contributed by atoms with Crippen molar-refractivity contribution in [1.82, 2.24) is 9.97 Å². The molecule has 0 aliphatic carbocycles. The molecule has 0 amide bonds. The van der Waals surface area contributed by atoms with Crippen molar-refractivity contribution in [2.45, 2.75) is 20.8 Å². The van der Waals surface area contributed by atoms with Crippen molar-refractivity contribution in [3.8, 4) is 0 Å². The molecule has 0 unspecified atom stereocenters. The zero-order valence-electron chi connectivity index (χ0n) is 7.53. The molecule has 3 heteroatoms. The van der Waals surface area contributed by atoms with Crippen LogP contribution in [-0.4, -0.2) is 9.97 Å². The minimum absolute atomic E-state index is 0.660. The monoisotopic (exact) mass is 164 g/mol. The van der Waals surface area contributed by atoms with E-state index in [9.17, 15) is 0 Å². The van der Waals surface area contributed by atoms with Crippen LogP contribution >= 0.6 is 0 Å². The summed E-state index contributed by atoms with van der Waals surface area (Å²) in [6.45, 7) is 5.89. The number of aromatic nitrogens is 2. The molecule has 2 aromatic heterocycles. The third kappa shape index (κ3) is 1.61. The Kier molecular flexibility index (Phi) is 2.80. The van der Waals surface area contributed by atoms with Crippen LogP contribution in [0.4, 0.5) is 0 Å². The van der Waals surface area contributed by atoms with E-state index in [2.05, 4.69) is 9.97 Å². The van der Waals surface area contributed by atoms with Crippen molar-refractivity contribution < 1.29 is 4.42 Å². The molecule has 0 spiro atoms. The van der Waals surface area contributed by atoms with Gasteiger partial charge in [-0.25, -0.2) is 9.97 Å². The van der Waals surface area contributed by atoms with Gasteiger partial charge in [0.1, 0.15) is 12.1 Å². The van der Waals surface area contributed by atoms with E-state index in [-0.39, 0.29) is 0 Å². The molecule has 0 radical (unpaired) electrons. The average Bonchev–Trinajstić information content (AvgIpc) is 2.48. The van der Waals surface area contributed by atoms with Crippen molar-refractivity contribution in [2.24, 2.45) is 0 Å². The number of rotatable bonds is 0. The van der Waals surface area contributed by atoms with Crippen LogP contribution in [0.3, 0.4) is 0 Å². The Morgan fingerprint density at radius 1 is 1.33 bits per heavy atom. The first-order valence-corrected chi connectivity index (χ1v) is 4.02. The van der Waals surface area contributed by atoms with Gasteiger partial charge in [0.15, 0.2) is 0 Å². The predicted octanol–water partition coefficient (Wildman–Crippen LogP) is 2.56. The number of fused-ring (bicyclic) bond motifs is 1. The lowest BCUT2D eigenvalue weighted by Gasteiger charge is -1.80. The molecular formula is C9H12N2O. The van der Waals surface area contributed by atoms with Gasteiger partial charge in [-0.3, -0.25) is 0 Å². The number of nitrogens with zero attached hydrogens (tertiary/aromatic N) is 2. The number of aryl methyl sites for hydroxylation is 1. The SMILES string of the molecule is CC.Cc1cc2cncnc2o1. The molecule has 0 fully saturated rings. The van der Waals surface area contributed by atoms with Gasteiger partial charge in [-0.2, -0.15) is 0 Å². The lowest BCUT2D eigenvalue weighted by atomic mass is 10.4. The van der Waals surface area contributed by atoms with Gasteiger partial charge in [0.2, 0.25) is 5.71 Å². The summed E-state index contributed by atoms with van der Waals surface area (Å²) in [6.07, 6.45) is 3.21. The molecule has 0 saturated heterocycles. The van der Waals surface area contributed by atoms with Crippen molar-refractivity contribution in [1.29, 1.82) is 0 Å². The van der Waals surface area contributed by atoms with Gasteiger partial charge in [-0.05, 0) is 13.0 Å². The Balaban J connectivity index is 0.000000336. The third-order valence-electron chi connectivity index (χ3n) is 1.32.